The first-order valence-electron chi connectivity index (χ1n) is 11.1. The van der Waals surface area contributed by atoms with Gasteiger partial charge in [0, 0.05) is 24.8 Å². The molecule has 1 atom stereocenters. The highest BCUT2D eigenvalue weighted by Crippen LogP contribution is 2.32. The highest BCUT2D eigenvalue weighted by Gasteiger charge is 2.27. The summed E-state index contributed by atoms with van der Waals surface area (Å²) in [6.07, 6.45) is 3.03. The van der Waals surface area contributed by atoms with Gasteiger partial charge in [-0.25, -0.2) is 23.1 Å². The molecule has 1 saturated carbocycles. The average molecular weight is 449 g/mol. The number of anilines is 3. The molecule has 11 heteroatoms. The molecular formula is C21H23F3N6O2. The van der Waals surface area contributed by atoms with Crippen LogP contribution in [0.15, 0.2) is 18.3 Å². The lowest BCUT2D eigenvalue weighted by Gasteiger charge is -2.26. The van der Waals surface area contributed by atoms with Crippen molar-refractivity contribution in [1.29, 1.82) is 0 Å². The number of nitrogens with zero attached hydrogens (tertiary/aromatic N) is 4. The van der Waals surface area contributed by atoms with Crippen molar-refractivity contribution < 1.29 is 24.4 Å². The Morgan fingerprint density at radius 3 is 2.53 bits per heavy atom. The summed E-state index contributed by atoms with van der Waals surface area (Å²) in [4.78, 5) is 13.1. The van der Waals surface area contributed by atoms with Crippen LogP contribution in [0.25, 0.3) is 11.2 Å². The molecule has 2 fully saturated rings. The van der Waals surface area contributed by atoms with Crippen LogP contribution in [-0.4, -0.2) is 50.0 Å². The second-order valence-electron chi connectivity index (χ2n) is 8.17. The normalized spacial score (nSPS) is 24.0. The first-order valence-corrected chi connectivity index (χ1v) is 10.6. The topological polar surface area (TPSA) is 97.1 Å². The van der Waals surface area contributed by atoms with E-state index in [9.17, 15) is 18.3 Å². The fourth-order valence-corrected chi connectivity index (χ4v) is 4.24. The molecule has 3 aromatic rings. The molecule has 1 aliphatic carbocycles. The van der Waals surface area contributed by atoms with E-state index in [-0.39, 0.29) is 41.8 Å². The lowest BCUT2D eigenvalue weighted by molar-refractivity contribution is 0.126. The van der Waals surface area contributed by atoms with Gasteiger partial charge >= 0.3 is 0 Å². The zero-order valence-corrected chi connectivity index (χ0v) is 17.1. The van der Waals surface area contributed by atoms with Crippen molar-refractivity contribution in [1.82, 2.24) is 19.5 Å². The number of aliphatic hydroxyl groups excluding tert-OH is 1. The Labute approximate surface area is 183 Å². The van der Waals surface area contributed by atoms with Gasteiger partial charge in [0.2, 0.25) is 11.9 Å². The van der Waals surface area contributed by atoms with Gasteiger partial charge in [-0.05, 0) is 32.1 Å². The van der Waals surface area contributed by atoms with Crippen LogP contribution in [-0.2, 0) is 4.74 Å². The Morgan fingerprint density at radius 1 is 1.09 bits per heavy atom. The molecule has 0 spiro atoms. The summed E-state index contributed by atoms with van der Waals surface area (Å²) in [7, 11) is 0. The number of hydrogen-bond donors (Lipinski definition) is 3. The Kier molecular flexibility index (Phi) is 5.27. The summed E-state index contributed by atoms with van der Waals surface area (Å²) in [5.74, 6) is -2.93. The SMILES string of the molecule is [2H]c1nc(N[C@H]2CC[C@H](O)CC2)nc2c1nc(Nc1c(F)cc(F)cc1F)n2[C@H]1CCOC1. The molecule has 3 N–H and O–H groups in total. The van der Waals surface area contributed by atoms with Crippen LogP contribution < -0.4 is 10.6 Å². The van der Waals surface area contributed by atoms with Crippen molar-refractivity contribution in [2.24, 2.45) is 0 Å². The molecule has 3 heterocycles. The number of imidazole rings is 1. The van der Waals surface area contributed by atoms with Crippen LogP contribution in [0.2, 0.25) is 0 Å². The summed E-state index contributed by atoms with van der Waals surface area (Å²) < 4.78 is 57.4. The Hall–Kier alpha value is -2.92. The fourth-order valence-electron chi connectivity index (χ4n) is 4.24. The molecule has 8 nitrogen and oxygen atoms in total. The predicted octanol–water partition coefficient (Wildman–Crippen LogP) is 3.66. The molecule has 0 bridgehead atoms. The first kappa shape index (κ1) is 19.7. The largest absolute Gasteiger partial charge is 0.393 e. The summed E-state index contributed by atoms with van der Waals surface area (Å²) in [6, 6.07) is 0.999. The number of hydrogen-bond acceptors (Lipinski definition) is 7. The molecule has 0 amide bonds. The standard InChI is InChI=1S/C21H23F3N6O2/c22-11-7-15(23)18(16(24)8-11)28-21-27-17-9-25-20(26-12-1-3-14(31)4-2-12)29-19(17)30(21)13-5-6-32-10-13/h7-9,12-14,31H,1-6,10H2,(H,27,28)(H,25,26,29)/t12-,13-,14-/m0/s1/i9D. The van der Waals surface area contributed by atoms with Gasteiger partial charge in [-0.3, -0.25) is 4.57 Å². The van der Waals surface area contributed by atoms with E-state index in [4.69, 9.17) is 6.11 Å². The number of fused-ring (bicyclic) bond motifs is 1. The van der Waals surface area contributed by atoms with E-state index in [1.165, 1.54) is 0 Å². The second kappa shape index (κ2) is 8.55. The lowest BCUT2D eigenvalue weighted by atomic mass is 9.93. The second-order valence-corrected chi connectivity index (χ2v) is 8.17. The first-order chi connectivity index (χ1) is 15.9. The maximum atomic E-state index is 14.3. The van der Waals surface area contributed by atoms with Crippen molar-refractivity contribution in [3.8, 4) is 0 Å². The minimum Gasteiger partial charge on any atom is -0.393 e. The minimum atomic E-state index is -1.10. The molecule has 0 unspecified atom stereocenters. The summed E-state index contributed by atoms with van der Waals surface area (Å²) in [5.41, 5.74) is -0.0586. The quantitative estimate of drug-likeness (QED) is 0.547. The number of halogens is 3. The van der Waals surface area contributed by atoms with E-state index < -0.39 is 23.1 Å². The number of aliphatic hydroxyl groups is 1. The van der Waals surface area contributed by atoms with Crippen LogP contribution >= 0.6 is 0 Å². The predicted molar refractivity (Wildman–Crippen MR) is 111 cm³/mol. The van der Waals surface area contributed by atoms with Crippen molar-refractivity contribution in [2.75, 3.05) is 23.8 Å². The number of rotatable bonds is 5. The van der Waals surface area contributed by atoms with Crippen LogP contribution in [0.5, 0.6) is 0 Å². The zero-order valence-electron chi connectivity index (χ0n) is 18.1. The van der Waals surface area contributed by atoms with Gasteiger partial charge in [0.05, 0.1) is 26.3 Å². The van der Waals surface area contributed by atoms with Gasteiger partial charge in [0.15, 0.2) is 17.3 Å². The van der Waals surface area contributed by atoms with Crippen LogP contribution in [0.4, 0.5) is 30.8 Å². The van der Waals surface area contributed by atoms with Crippen LogP contribution in [0, 0.1) is 17.5 Å². The average Bonchev–Trinajstić information content (AvgIpc) is 3.40. The Morgan fingerprint density at radius 2 is 1.84 bits per heavy atom. The molecule has 32 heavy (non-hydrogen) atoms. The highest BCUT2D eigenvalue weighted by molar-refractivity contribution is 5.76. The third-order valence-corrected chi connectivity index (χ3v) is 5.91. The van der Waals surface area contributed by atoms with Crippen LogP contribution in [0.3, 0.4) is 0 Å². The van der Waals surface area contributed by atoms with Crippen LogP contribution in [0.1, 0.15) is 39.5 Å². The maximum Gasteiger partial charge on any atom is 0.224 e. The van der Waals surface area contributed by atoms with Gasteiger partial charge in [-0.2, -0.15) is 4.98 Å². The monoisotopic (exact) mass is 449 g/mol. The zero-order chi connectivity index (χ0) is 23.1. The van der Waals surface area contributed by atoms with E-state index in [1.54, 1.807) is 4.57 Å². The molecule has 0 radical (unpaired) electrons. The molecule has 1 saturated heterocycles. The van der Waals surface area contributed by atoms with E-state index in [1.807, 2.05) is 0 Å². The third kappa shape index (κ3) is 4.09. The van der Waals surface area contributed by atoms with Gasteiger partial charge in [0.25, 0.3) is 0 Å². The van der Waals surface area contributed by atoms with E-state index in [2.05, 4.69) is 25.6 Å². The molecule has 170 valence electrons. The number of aromatic nitrogens is 4. The molecule has 5 rings (SSSR count). The number of ether oxygens (including phenoxy) is 1. The van der Waals surface area contributed by atoms with Crippen molar-refractivity contribution in [2.45, 2.75) is 50.3 Å². The summed E-state index contributed by atoms with van der Waals surface area (Å²) in [6.45, 7) is 0.840. The number of benzene rings is 1. The summed E-state index contributed by atoms with van der Waals surface area (Å²) >= 11 is 0. The maximum absolute atomic E-state index is 14.3. The molecule has 1 aromatic carbocycles. The van der Waals surface area contributed by atoms with Crippen molar-refractivity contribution in [3.63, 3.8) is 0 Å². The number of nitrogens with one attached hydrogen (secondary N) is 2. The molecular weight excluding hydrogens is 425 g/mol. The summed E-state index contributed by atoms with van der Waals surface area (Å²) in [5, 5.41) is 15.6. The van der Waals surface area contributed by atoms with Crippen molar-refractivity contribution in [3.05, 3.63) is 35.8 Å². The Balaban J connectivity index is 1.55. The van der Waals surface area contributed by atoms with E-state index in [0.29, 0.717) is 50.3 Å². The van der Waals surface area contributed by atoms with E-state index in [0.717, 1.165) is 12.8 Å². The third-order valence-electron chi connectivity index (χ3n) is 5.91. The van der Waals surface area contributed by atoms with Crippen molar-refractivity contribution >= 4 is 28.7 Å². The Bertz CT molecular complexity index is 1160. The smallest absolute Gasteiger partial charge is 0.224 e. The van der Waals surface area contributed by atoms with Gasteiger partial charge in [-0.1, -0.05) is 0 Å². The fraction of sp³-hybridized carbons (Fsp3) is 0.476. The lowest BCUT2D eigenvalue weighted by Crippen LogP contribution is -2.29. The van der Waals surface area contributed by atoms with Gasteiger partial charge in [0.1, 0.15) is 17.0 Å². The van der Waals surface area contributed by atoms with Gasteiger partial charge in [-0.15, -0.1) is 0 Å². The highest BCUT2D eigenvalue weighted by atomic mass is 19.1. The minimum absolute atomic E-state index is 0.0608. The van der Waals surface area contributed by atoms with Gasteiger partial charge < -0.3 is 20.5 Å². The van der Waals surface area contributed by atoms with E-state index >= 15 is 0 Å². The molecule has 2 aliphatic rings. The molecule has 1 aliphatic heterocycles. The molecule has 2 aromatic heterocycles.